The van der Waals surface area contributed by atoms with Gasteiger partial charge in [-0.15, -0.1) is 0 Å². The first-order valence-corrected chi connectivity index (χ1v) is 21.0. The summed E-state index contributed by atoms with van der Waals surface area (Å²) < 4.78 is 51.7. The number of nitrogens with zero attached hydrogens (tertiary/aromatic N) is 10. The number of benzene rings is 1. The van der Waals surface area contributed by atoms with E-state index in [9.17, 15) is 18.0 Å². The molecule has 61 heavy (non-hydrogen) atoms. The molecule has 0 radical (unpaired) electrons. The minimum Gasteiger partial charge on any atom is -0.423 e. The van der Waals surface area contributed by atoms with Crippen molar-refractivity contribution in [2.75, 3.05) is 63.1 Å². The van der Waals surface area contributed by atoms with Gasteiger partial charge in [0, 0.05) is 87.3 Å². The van der Waals surface area contributed by atoms with Crippen molar-refractivity contribution in [1.29, 1.82) is 0 Å². The predicted octanol–water partition coefficient (Wildman–Crippen LogP) is 0.884. The van der Waals surface area contributed by atoms with E-state index in [1.807, 2.05) is 44.4 Å². The van der Waals surface area contributed by atoms with Crippen LogP contribution in [-0.4, -0.2) is 107 Å². The van der Waals surface area contributed by atoms with Crippen molar-refractivity contribution in [2.45, 2.75) is 57.8 Å². The Morgan fingerprint density at radius 1 is 0.770 bits per heavy atom. The molecule has 328 valence electrons. The molecule has 0 spiro atoms. The van der Waals surface area contributed by atoms with Crippen molar-refractivity contribution in [2.24, 2.45) is 28.2 Å². The van der Waals surface area contributed by atoms with E-state index in [0.29, 0.717) is 17.8 Å². The van der Waals surface area contributed by atoms with Crippen LogP contribution in [0.2, 0.25) is 0 Å². The van der Waals surface area contributed by atoms with Gasteiger partial charge in [-0.3, -0.25) is 32.6 Å². The number of amides is 2. The number of ketones is 1. The minimum atomic E-state index is -4.27. The molecule has 2 aliphatic carbocycles. The fourth-order valence-electron chi connectivity index (χ4n) is 6.80. The summed E-state index contributed by atoms with van der Waals surface area (Å²) in [6, 6.07) is 1.37. The molecule has 21 heteroatoms. The minimum absolute atomic E-state index is 0. The Morgan fingerprint density at radius 3 is 1.80 bits per heavy atom. The maximum absolute atomic E-state index is 12.9. The number of urea groups is 1. The number of hydrogen-bond acceptors (Lipinski definition) is 12. The van der Waals surface area contributed by atoms with Gasteiger partial charge < -0.3 is 30.0 Å². The van der Waals surface area contributed by atoms with Gasteiger partial charge in [-0.25, -0.2) is 8.42 Å². The molecule has 5 aromatic rings. The van der Waals surface area contributed by atoms with Crippen molar-refractivity contribution < 1.29 is 61.8 Å². The summed E-state index contributed by atoms with van der Waals surface area (Å²) in [7, 11) is 7.72. The first-order valence-electron chi connectivity index (χ1n) is 19.6. The number of anilines is 3. The number of Topliss-reactive ketones (excluding diaryl/α,β-unsaturated/α-hetero) is 1. The molecule has 0 aliphatic heterocycles. The van der Waals surface area contributed by atoms with Gasteiger partial charge >= 0.3 is 29.6 Å². The number of aryl methyl sites for hydroxylation is 7. The van der Waals surface area contributed by atoms with E-state index in [-0.39, 0.29) is 55.1 Å². The largest absolute Gasteiger partial charge is 1.00 e. The molecule has 3 N–H and O–H groups in total. The second-order valence-corrected chi connectivity index (χ2v) is 15.9. The van der Waals surface area contributed by atoms with Crippen LogP contribution in [0.1, 0.15) is 52.6 Å². The van der Waals surface area contributed by atoms with E-state index in [0.717, 1.165) is 84.7 Å². The zero-order valence-corrected chi connectivity index (χ0v) is 39.5. The number of hydrogen-bond donors (Lipinski definition) is 2. The van der Waals surface area contributed by atoms with Gasteiger partial charge in [0.15, 0.2) is 11.8 Å². The third-order valence-corrected chi connectivity index (χ3v) is 10.8. The molecule has 0 atom stereocenters. The quantitative estimate of drug-likeness (QED) is 0.111. The Kier molecular flexibility index (Phi) is 21.1. The van der Waals surface area contributed by atoms with Crippen LogP contribution in [0.3, 0.4) is 0 Å². The molecule has 19 nitrogen and oxygen atoms in total. The van der Waals surface area contributed by atoms with Crippen LogP contribution in [0.5, 0.6) is 0 Å². The van der Waals surface area contributed by atoms with E-state index >= 15 is 0 Å². The summed E-state index contributed by atoms with van der Waals surface area (Å²) in [5, 5.41) is 18.6. The summed E-state index contributed by atoms with van der Waals surface area (Å²) in [6.45, 7) is 1.19. The van der Waals surface area contributed by atoms with Gasteiger partial charge in [0.2, 0.25) is 0 Å². The maximum Gasteiger partial charge on any atom is 1.00 e. The van der Waals surface area contributed by atoms with Crippen molar-refractivity contribution in [3.05, 3.63) is 93.7 Å². The first-order chi connectivity index (χ1) is 28.7. The van der Waals surface area contributed by atoms with E-state index in [1.54, 1.807) is 48.3 Å². The standard InChI is InChI=1S/C20H27N5O4S.C8H12N2O2.C8H14N2O.C4H7N3.Na/c1-24-13-16(12-21-24)25(9-10-29-2)30(27,28)23-20(26)22-19-17-7-3-5-14(17)11-15-6-4-8-18(15)19;1-10-5-7(4-9-10)3-8(11)6-12-2;1-10-7-8(6-9-10)4-3-5-11-2;1-7-3-4(5)2-6-7;/h11-13H,3-10H2,1-2H3,(H2,22,23,26);4-5H,3,6H2,1-2H3;6-7H,3-5H2,1-2H3;2-3H,5H2,1H3;/q;;;;+1/p-1. The summed E-state index contributed by atoms with van der Waals surface area (Å²) >= 11 is 0. The van der Waals surface area contributed by atoms with Crippen LogP contribution >= 0.6 is 0 Å². The van der Waals surface area contributed by atoms with Crippen molar-refractivity contribution >= 4 is 39.1 Å². The number of methoxy groups -OCH3 is 3. The Morgan fingerprint density at radius 2 is 1.33 bits per heavy atom. The molecule has 0 saturated carbocycles. The molecular weight excluding hydrogens is 816 g/mol. The second kappa shape index (κ2) is 25.4. The molecule has 4 heterocycles. The molecule has 0 saturated heterocycles. The average Bonchev–Trinajstić information content (AvgIpc) is 4.06. The van der Waals surface area contributed by atoms with E-state index < -0.39 is 16.2 Å². The van der Waals surface area contributed by atoms with Crippen LogP contribution in [0.4, 0.5) is 21.9 Å². The summed E-state index contributed by atoms with van der Waals surface area (Å²) in [5.41, 5.74) is 14.1. The number of fused-ring (bicyclic) bond motifs is 2. The summed E-state index contributed by atoms with van der Waals surface area (Å²) in [6.07, 6.45) is 22.2. The van der Waals surface area contributed by atoms with Crippen LogP contribution in [0, 0.1) is 0 Å². The number of rotatable bonds is 15. The number of carbonyl (C=O) groups excluding carboxylic acids is 2. The average molecular weight is 875 g/mol. The monoisotopic (exact) mass is 874 g/mol. The number of nitrogens with one attached hydrogen (secondary N) is 1. The Bertz CT molecular complexity index is 2190. The fourth-order valence-corrected chi connectivity index (χ4v) is 7.82. The SMILES string of the molecule is COCC(=O)Cc1cnn(C)c1.COCCCc1cnn(C)c1.COCCN(c1cnn(C)c1)S(=O)(=O)[N-]C(=O)Nc1c2c(cc3c1CCC3)CCC2.Cn1cc(N)cn1.[Na+]. The van der Waals surface area contributed by atoms with Crippen molar-refractivity contribution in [3.8, 4) is 0 Å². The Labute approximate surface area is 380 Å². The molecule has 2 aliphatic rings. The van der Waals surface area contributed by atoms with Gasteiger partial charge in [0.25, 0.3) is 10.2 Å². The first kappa shape index (κ1) is 50.8. The third-order valence-electron chi connectivity index (χ3n) is 9.42. The molecule has 7 rings (SSSR count). The van der Waals surface area contributed by atoms with Gasteiger partial charge in [-0.1, -0.05) is 6.07 Å². The summed E-state index contributed by atoms with van der Waals surface area (Å²) in [5.74, 6) is 0.0745. The van der Waals surface area contributed by atoms with Crippen LogP contribution < -0.4 is 44.9 Å². The number of aromatic nitrogens is 8. The zero-order chi connectivity index (χ0) is 43.7. The topological polar surface area (TPSA) is 223 Å². The molecule has 4 aromatic heterocycles. The molecular formula is C40H59N12NaO7S. The Hall–Kier alpha value is -4.57. The van der Waals surface area contributed by atoms with Gasteiger partial charge in [-0.05, 0) is 90.4 Å². The van der Waals surface area contributed by atoms with E-state index in [2.05, 4.69) is 36.5 Å². The van der Waals surface area contributed by atoms with Crippen LogP contribution in [0.15, 0.2) is 55.6 Å². The zero-order valence-electron chi connectivity index (χ0n) is 36.7. The van der Waals surface area contributed by atoms with E-state index in [1.165, 1.54) is 41.8 Å². The maximum atomic E-state index is 12.9. The molecule has 2 amide bonds. The third kappa shape index (κ3) is 16.3. The second-order valence-electron chi connectivity index (χ2n) is 14.4. The van der Waals surface area contributed by atoms with Crippen LogP contribution in [-0.2, 0) is 95.9 Å². The smallest absolute Gasteiger partial charge is 0.423 e. The Balaban J connectivity index is 0.000000261. The van der Waals surface area contributed by atoms with Crippen LogP contribution in [0.25, 0.3) is 4.72 Å². The van der Waals surface area contributed by atoms with Gasteiger partial charge in [0.05, 0.1) is 49.3 Å². The van der Waals surface area contributed by atoms with Crippen molar-refractivity contribution in [3.63, 3.8) is 0 Å². The van der Waals surface area contributed by atoms with E-state index in [4.69, 9.17) is 19.9 Å². The predicted molar refractivity (Wildman–Crippen MR) is 229 cm³/mol. The van der Waals surface area contributed by atoms with Gasteiger partial charge in [0.1, 0.15) is 6.61 Å². The fraction of sp³-hybridized carbons (Fsp3) is 0.500. The summed E-state index contributed by atoms with van der Waals surface area (Å²) in [4.78, 5) is 23.8. The molecule has 0 unspecified atom stereocenters. The van der Waals surface area contributed by atoms with Crippen molar-refractivity contribution in [1.82, 2.24) is 39.1 Å². The molecule has 1 aromatic carbocycles. The molecule has 0 fully saturated rings. The number of nitrogens with two attached hydrogens (primary N) is 1. The normalized spacial score (nSPS) is 12.3. The number of nitrogen functional groups attached to an aromatic ring is 1. The van der Waals surface area contributed by atoms with Gasteiger partial charge in [-0.2, -0.15) is 20.4 Å². The molecule has 0 bridgehead atoms. The number of ether oxygens (including phenoxy) is 3. The number of carbonyl (C=O) groups is 2.